The summed E-state index contributed by atoms with van der Waals surface area (Å²) in [4.78, 5) is 7.49. The SMILES string of the molecule is CCNC(=NCC(CC(C)C)N1CCCC1)NC1CC1.I. The zero-order valence-electron chi connectivity index (χ0n) is 13.9. The molecule has 2 rings (SSSR count). The van der Waals surface area contributed by atoms with E-state index in [0.29, 0.717) is 12.1 Å². The van der Waals surface area contributed by atoms with Crippen LogP contribution in [0.3, 0.4) is 0 Å². The van der Waals surface area contributed by atoms with Crippen molar-refractivity contribution in [3.63, 3.8) is 0 Å². The van der Waals surface area contributed by atoms with Crippen molar-refractivity contribution in [1.82, 2.24) is 15.5 Å². The van der Waals surface area contributed by atoms with E-state index in [2.05, 4.69) is 36.3 Å². The Morgan fingerprint density at radius 2 is 1.90 bits per heavy atom. The number of aliphatic imine (C=N–C) groups is 1. The van der Waals surface area contributed by atoms with E-state index < -0.39 is 0 Å². The highest BCUT2D eigenvalue weighted by Crippen LogP contribution is 2.19. The first kappa shape index (κ1) is 19.0. The molecule has 2 N–H and O–H groups in total. The van der Waals surface area contributed by atoms with Crippen LogP contribution < -0.4 is 10.6 Å². The van der Waals surface area contributed by atoms with E-state index in [1.165, 1.54) is 45.2 Å². The van der Waals surface area contributed by atoms with Gasteiger partial charge in [0, 0.05) is 18.6 Å². The Kier molecular flexibility index (Phi) is 8.94. The highest BCUT2D eigenvalue weighted by Gasteiger charge is 2.24. The van der Waals surface area contributed by atoms with Crippen molar-refractivity contribution >= 4 is 29.9 Å². The van der Waals surface area contributed by atoms with E-state index in [0.717, 1.165) is 25.0 Å². The third kappa shape index (κ3) is 7.17. The molecular weight excluding hydrogens is 375 g/mol. The number of hydrogen-bond acceptors (Lipinski definition) is 2. The van der Waals surface area contributed by atoms with Crippen molar-refractivity contribution < 1.29 is 0 Å². The molecule has 1 aliphatic carbocycles. The van der Waals surface area contributed by atoms with Crippen LogP contribution in [-0.4, -0.2) is 49.1 Å². The van der Waals surface area contributed by atoms with Crippen LogP contribution in [0, 0.1) is 5.92 Å². The Bertz CT molecular complexity index is 309. The minimum absolute atomic E-state index is 0. The number of guanidine groups is 1. The molecule has 0 radical (unpaired) electrons. The molecule has 2 fully saturated rings. The topological polar surface area (TPSA) is 39.7 Å². The summed E-state index contributed by atoms with van der Waals surface area (Å²) in [6.45, 7) is 11.2. The van der Waals surface area contributed by atoms with E-state index >= 15 is 0 Å². The highest BCUT2D eigenvalue weighted by molar-refractivity contribution is 14.0. The molecule has 0 spiro atoms. The Labute approximate surface area is 147 Å². The first-order valence-electron chi connectivity index (χ1n) is 8.48. The molecule has 21 heavy (non-hydrogen) atoms. The van der Waals surface area contributed by atoms with Gasteiger partial charge in [0.2, 0.25) is 0 Å². The Hall–Kier alpha value is -0.0400. The maximum Gasteiger partial charge on any atom is 0.191 e. The third-order valence-corrected chi connectivity index (χ3v) is 4.12. The molecule has 2 aliphatic rings. The molecule has 5 heteroatoms. The first-order valence-corrected chi connectivity index (χ1v) is 8.48. The lowest BCUT2D eigenvalue weighted by Crippen LogP contribution is -2.41. The van der Waals surface area contributed by atoms with E-state index in [-0.39, 0.29) is 24.0 Å². The molecule has 1 atom stereocenters. The van der Waals surface area contributed by atoms with Gasteiger partial charge in [0.1, 0.15) is 0 Å². The number of nitrogens with zero attached hydrogens (tertiary/aromatic N) is 2. The summed E-state index contributed by atoms with van der Waals surface area (Å²) < 4.78 is 0. The molecule has 0 aromatic rings. The zero-order valence-corrected chi connectivity index (χ0v) is 16.2. The van der Waals surface area contributed by atoms with Crippen LogP contribution in [0.5, 0.6) is 0 Å². The molecule has 4 nitrogen and oxygen atoms in total. The number of rotatable bonds is 7. The van der Waals surface area contributed by atoms with E-state index in [9.17, 15) is 0 Å². The van der Waals surface area contributed by atoms with Crippen LogP contribution in [0.2, 0.25) is 0 Å². The maximum absolute atomic E-state index is 4.84. The molecule has 1 aliphatic heterocycles. The van der Waals surface area contributed by atoms with Crippen LogP contribution in [0.15, 0.2) is 4.99 Å². The Morgan fingerprint density at radius 1 is 1.24 bits per heavy atom. The van der Waals surface area contributed by atoms with Gasteiger partial charge in [-0.25, -0.2) is 0 Å². The van der Waals surface area contributed by atoms with Gasteiger partial charge in [-0.1, -0.05) is 13.8 Å². The quantitative estimate of drug-likeness (QED) is 0.387. The predicted octanol–water partition coefficient (Wildman–Crippen LogP) is 2.83. The summed E-state index contributed by atoms with van der Waals surface area (Å²) in [7, 11) is 0. The molecule has 1 saturated heterocycles. The van der Waals surface area contributed by atoms with Gasteiger partial charge >= 0.3 is 0 Å². The summed E-state index contributed by atoms with van der Waals surface area (Å²) in [5.41, 5.74) is 0. The van der Waals surface area contributed by atoms with Gasteiger partial charge in [0.15, 0.2) is 5.96 Å². The number of hydrogen-bond donors (Lipinski definition) is 2. The minimum Gasteiger partial charge on any atom is -0.357 e. The Balaban J connectivity index is 0.00000220. The van der Waals surface area contributed by atoms with Crippen molar-refractivity contribution in [3.8, 4) is 0 Å². The van der Waals surface area contributed by atoms with Gasteiger partial charge in [0.05, 0.1) is 6.54 Å². The maximum atomic E-state index is 4.84. The van der Waals surface area contributed by atoms with Crippen molar-refractivity contribution in [3.05, 3.63) is 0 Å². The fourth-order valence-corrected chi connectivity index (χ4v) is 2.93. The summed E-state index contributed by atoms with van der Waals surface area (Å²) in [5, 5.41) is 6.89. The van der Waals surface area contributed by atoms with E-state index in [1.54, 1.807) is 0 Å². The lowest BCUT2D eigenvalue weighted by atomic mass is 10.0. The summed E-state index contributed by atoms with van der Waals surface area (Å²) >= 11 is 0. The molecule has 1 saturated carbocycles. The predicted molar refractivity (Wildman–Crippen MR) is 102 cm³/mol. The second-order valence-corrected chi connectivity index (χ2v) is 6.66. The zero-order chi connectivity index (χ0) is 14.4. The van der Waals surface area contributed by atoms with Crippen molar-refractivity contribution in [2.45, 2.75) is 65.0 Å². The third-order valence-electron chi connectivity index (χ3n) is 4.12. The van der Waals surface area contributed by atoms with Crippen LogP contribution in [0.25, 0.3) is 0 Å². The lowest BCUT2D eigenvalue weighted by molar-refractivity contribution is 0.218. The average molecular weight is 408 g/mol. The van der Waals surface area contributed by atoms with Gasteiger partial charge in [-0.3, -0.25) is 9.89 Å². The van der Waals surface area contributed by atoms with Crippen LogP contribution in [0.4, 0.5) is 0 Å². The second-order valence-electron chi connectivity index (χ2n) is 6.66. The van der Waals surface area contributed by atoms with Crippen molar-refractivity contribution in [1.29, 1.82) is 0 Å². The average Bonchev–Trinajstić information content (AvgIpc) is 3.05. The lowest BCUT2D eigenvalue weighted by Gasteiger charge is -2.28. The number of halogens is 1. The fraction of sp³-hybridized carbons (Fsp3) is 0.938. The molecule has 1 heterocycles. The van der Waals surface area contributed by atoms with Gasteiger partial charge in [-0.15, -0.1) is 24.0 Å². The molecule has 0 amide bonds. The fourth-order valence-electron chi connectivity index (χ4n) is 2.93. The largest absolute Gasteiger partial charge is 0.357 e. The smallest absolute Gasteiger partial charge is 0.191 e. The van der Waals surface area contributed by atoms with E-state index in [4.69, 9.17) is 4.99 Å². The summed E-state index contributed by atoms with van der Waals surface area (Å²) in [6.07, 6.45) is 6.57. The first-order chi connectivity index (χ1) is 9.69. The minimum atomic E-state index is 0. The highest BCUT2D eigenvalue weighted by atomic mass is 127. The molecule has 124 valence electrons. The summed E-state index contributed by atoms with van der Waals surface area (Å²) in [5.74, 6) is 1.76. The number of nitrogens with one attached hydrogen (secondary N) is 2. The van der Waals surface area contributed by atoms with Gasteiger partial charge in [-0.05, 0) is 58.0 Å². The monoisotopic (exact) mass is 408 g/mol. The molecular formula is C16H33IN4. The number of likely N-dealkylation sites (tertiary alicyclic amines) is 1. The summed E-state index contributed by atoms with van der Waals surface area (Å²) in [6, 6.07) is 1.29. The van der Waals surface area contributed by atoms with Gasteiger partial charge in [-0.2, -0.15) is 0 Å². The van der Waals surface area contributed by atoms with Crippen LogP contribution >= 0.6 is 24.0 Å². The van der Waals surface area contributed by atoms with Gasteiger partial charge in [0.25, 0.3) is 0 Å². The standard InChI is InChI=1S/C16H32N4.HI/c1-4-17-16(19-14-7-8-14)18-12-15(11-13(2)3)20-9-5-6-10-20;/h13-15H,4-12H2,1-3H3,(H2,17,18,19);1H. The van der Waals surface area contributed by atoms with Crippen LogP contribution in [-0.2, 0) is 0 Å². The molecule has 0 aromatic carbocycles. The van der Waals surface area contributed by atoms with Gasteiger partial charge < -0.3 is 10.6 Å². The Morgan fingerprint density at radius 3 is 2.43 bits per heavy atom. The van der Waals surface area contributed by atoms with Crippen molar-refractivity contribution in [2.75, 3.05) is 26.2 Å². The second kappa shape index (κ2) is 9.87. The van der Waals surface area contributed by atoms with E-state index in [1.807, 2.05) is 0 Å². The van der Waals surface area contributed by atoms with Crippen molar-refractivity contribution in [2.24, 2.45) is 10.9 Å². The normalized spacial score (nSPS) is 21.2. The molecule has 0 bridgehead atoms. The van der Waals surface area contributed by atoms with Crippen LogP contribution in [0.1, 0.15) is 52.9 Å². The molecule has 1 unspecified atom stereocenters. The molecule has 0 aromatic heterocycles.